The van der Waals surface area contributed by atoms with Crippen LogP contribution in [0.25, 0.3) is 21.8 Å². The van der Waals surface area contributed by atoms with Gasteiger partial charge < -0.3 is 121 Å². The number of unbranched alkanes of at least 4 members (excludes halogenated alkanes) is 2. The van der Waals surface area contributed by atoms with E-state index >= 15 is 38.4 Å². The third kappa shape index (κ3) is 29.6. The van der Waals surface area contributed by atoms with Crippen LogP contribution in [-0.2, 0) is 101 Å². The Labute approximate surface area is 772 Å². The molecule has 3 fully saturated rings. The van der Waals surface area contributed by atoms with Crippen molar-refractivity contribution in [3.63, 3.8) is 0 Å². The van der Waals surface area contributed by atoms with E-state index in [9.17, 15) is 62.1 Å². The fraction of sp³-hybridized carbons (Fsp3) is 0.551. The van der Waals surface area contributed by atoms with E-state index in [-0.39, 0.29) is 82.4 Å². The van der Waals surface area contributed by atoms with E-state index in [0.717, 1.165) is 55.4 Å². The number of para-hydroxylation sites is 2. The molecule has 3 aliphatic heterocycles. The Morgan fingerprint density at radius 2 is 1.10 bits per heavy atom. The predicted molar refractivity (Wildman–Crippen MR) is 486 cm³/mol. The number of aromatic nitrogens is 2. The fourth-order valence-electron chi connectivity index (χ4n) is 16.5. The van der Waals surface area contributed by atoms with E-state index in [1.165, 1.54) is 21.0 Å². The van der Waals surface area contributed by atoms with Gasteiger partial charge in [-0.2, -0.15) is 11.8 Å². The Kier molecular flexibility index (Phi) is 39.9. The third-order valence-corrected chi connectivity index (χ3v) is 25.0. The number of H-pyrrole nitrogens is 2. The molecule has 0 bridgehead atoms. The molecule has 3 aromatic carbocycles. The Morgan fingerprint density at radius 3 is 1.69 bits per heavy atom. The molecule has 726 valence electrons. The molecule has 23 N–H and O–H groups in total. The molecule has 0 radical (unpaired) electrons. The van der Waals surface area contributed by atoms with E-state index in [1.54, 1.807) is 74.8 Å². The van der Waals surface area contributed by atoms with Gasteiger partial charge in [0, 0.05) is 125 Å². The Balaban J connectivity index is 1.19. The number of amides is 16. The second-order valence-corrected chi connectivity index (χ2v) is 35.4. The number of nitrogens with one attached hydrogen (secondary N) is 13. The standard InChI is InChI=1S/C89H126F2N22O19S/c1-9-11-24-68-81(125)102-60(23-17-27-97-89(95)96)72(116)35-52(77(121)100-42-74(94)118)45-133-46-75(119)101-63(32-49-30-53(90)36-54(91)31-49)84(128)109(6)48(5)76(120)104-65(38-73(93)117)86(130)112-28-18-26-69(112)82(126)107-66(39-92)79(123)105-62(29-47(3)4)87(131)113-43-55(115)37-71(113)83(127)103-61(33-50-40-98-58-21-15-13-19-56(50)58)78(122)108-67(44-114)80(124)106-64(34-51-41-99-59-22-16-14-20-57(51)59)85(129)111(8)70(25-12-10-2)88(132)110(68)7/h13-16,19-22,30-31,36,40-41,47-48,52,55,60-71,98-99,114-115H,9-12,17-18,23-29,32-35,37-39,42-46,92H2,1-8H3,(H2,93,117)(H2,94,118)(H,100,121)(H,101,119)(H,102,125)(H,103,127)(H,104,120)(H,105,123)(H,106,124)(H,107,126)(H,108,122)(H4,95,96,97)/t48-,52-,55+,60-,61-,62-,63-,64-,65-,66-,67-,68-,69-,70-,71-/m0/s1. The van der Waals surface area contributed by atoms with Crippen molar-refractivity contribution in [3.05, 3.63) is 107 Å². The van der Waals surface area contributed by atoms with Gasteiger partial charge >= 0.3 is 0 Å². The number of nitrogens with two attached hydrogens (primary N) is 4. The highest BCUT2D eigenvalue weighted by Gasteiger charge is 2.47. The number of nitrogens with zero attached hydrogens (tertiary/aromatic N) is 5. The number of fused-ring (bicyclic) bond motifs is 4. The molecule has 0 aliphatic carbocycles. The van der Waals surface area contributed by atoms with Crippen LogP contribution in [0.2, 0.25) is 0 Å². The maximum absolute atomic E-state index is 15.7. The first-order valence-electron chi connectivity index (χ1n) is 44.6. The third-order valence-electron chi connectivity index (χ3n) is 23.9. The van der Waals surface area contributed by atoms with E-state index in [4.69, 9.17) is 28.3 Å². The van der Waals surface area contributed by atoms with E-state index in [0.29, 0.717) is 64.7 Å². The molecule has 133 heavy (non-hydrogen) atoms. The van der Waals surface area contributed by atoms with Gasteiger partial charge in [-0.15, -0.1) is 0 Å². The first-order chi connectivity index (χ1) is 63.2. The van der Waals surface area contributed by atoms with Gasteiger partial charge in [0.2, 0.25) is 94.5 Å². The number of hydrogen-bond donors (Lipinski definition) is 19. The molecule has 41 nitrogen and oxygen atoms in total. The molecule has 5 heterocycles. The number of carbonyl (C=O) groups excluding carboxylic acids is 17. The summed E-state index contributed by atoms with van der Waals surface area (Å²) in [5, 5.41) is 57.5. The van der Waals surface area contributed by atoms with Crippen LogP contribution in [0, 0.1) is 28.9 Å². The highest BCUT2D eigenvalue weighted by molar-refractivity contribution is 7.99. The van der Waals surface area contributed by atoms with Crippen molar-refractivity contribution in [2.75, 3.05) is 72.0 Å². The summed E-state index contributed by atoms with van der Waals surface area (Å²) in [5.41, 5.74) is 24.9. The zero-order valence-electron chi connectivity index (χ0n) is 76.0. The summed E-state index contributed by atoms with van der Waals surface area (Å²) in [5.74, 6) is -21.9. The van der Waals surface area contributed by atoms with Gasteiger partial charge in [-0.05, 0) is 98.7 Å². The quantitative estimate of drug-likeness (QED) is 0.0166. The van der Waals surface area contributed by atoms with Crippen LogP contribution in [0.3, 0.4) is 0 Å². The first kappa shape index (κ1) is 106. The van der Waals surface area contributed by atoms with Gasteiger partial charge in [-0.25, -0.2) is 8.78 Å². The first-order valence-corrected chi connectivity index (χ1v) is 45.7. The van der Waals surface area contributed by atoms with Gasteiger partial charge in [0.05, 0.1) is 43.4 Å². The number of aliphatic hydroxyl groups is 2. The number of carbonyl (C=O) groups is 17. The van der Waals surface area contributed by atoms with Crippen LogP contribution in [-0.4, -0.2) is 308 Å². The van der Waals surface area contributed by atoms with Gasteiger partial charge in [0.1, 0.15) is 84.1 Å². The van der Waals surface area contributed by atoms with Gasteiger partial charge in [-0.3, -0.25) is 86.9 Å². The van der Waals surface area contributed by atoms with Crippen molar-refractivity contribution in [2.24, 2.45) is 34.8 Å². The molecule has 8 rings (SSSR count). The minimum Gasteiger partial charge on any atom is -0.394 e. The summed E-state index contributed by atoms with van der Waals surface area (Å²) >= 11 is 0.737. The normalized spacial score (nSPS) is 25.0. The number of rotatable bonds is 25. The summed E-state index contributed by atoms with van der Waals surface area (Å²) in [7, 11) is 3.79. The minimum atomic E-state index is -1.90. The van der Waals surface area contributed by atoms with Crippen molar-refractivity contribution in [1.29, 1.82) is 5.41 Å². The maximum Gasteiger partial charge on any atom is 0.246 e. The smallest absolute Gasteiger partial charge is 0.246 e. The summed E-state index contributed by atoms with van der Waals surface area (Å²) in [6, 6.07) is -4.42. The Bertz CT molecular complexity index is 5020. The summed E-state index contributed by atoms with van der Waals surface area (Å²) in [6.45, 7) is 5.19. The van der Waals surface area contributed by atoms with Crippen LogP contribution in [0.5, 0.6) is 0 Å². The zero-order chi connectivity index (χ0) is 97.8. The van der Waals surface area contributed by atoms with Crippen molar-refractivity contribution in [2.45, 2.75) is 228 Å². The zero-order valence-corrected chi connectivity index (χ0v) is 76.8. The number of hydrogen-bond acceptors (Lipinski definition) is 22. The lowest BCUT2D eigenvalue weighted by molar-refractivity contribution is -0.149. The largest absolute Gasteiger partial charge is 0.394 e. The van der Waals surface area contributed by atoms with Crippen LogP contribution in [0.1, 0.15) is 141 Å². The summed E-state index contributed by atoms with van der Waals surface area (Å²) in [4.78, 5) is 260. The summed E-state index contributed by atoms with van der Waals surface area (Å²) in [6.07, 6.45) is 0.0286. The average molecular weight is 1880 g/mol. The van der Waals surface area contributed by atoms with Crippen LogP contribution in [0.4, 0.5) is 8.78 Å². The fourth-order valence-corrected chi connectivity index (χ4v) is 17.5. The second-order valence-electron chi connectivity index (χ2n) is 34.3. The number of guanidine groups is 1. The van der Waals surface area contributed by atoms with E-state index in [2.05, 4.69) is 63.1 Å². The molecule has 0 saturated carbocycles. The van der Waals surface area contributed by atoms with E-state index in [1.807, 2.05) is 13.8 Å². The minimum absolute atomic E-state index is 0.0132. The highest BCUT2D eigenvalue weighted by atomic mass is 32.2. The molecule has 0 unspecified atom stereocenters. The molecule has 5 aromatic rings. The summed E-state index contributed by atoms with van der Waals surface area (Å²) < 4.78 is 29.8. The monoisotopic (exact) mass is 1880 g/mol. The van der Waals surface area contributed by atoms with Gasteiger partial charge in [0.25, 0.3) is 0 Å². The Morgan fingerprint density at radius 1 is 0.571 bits per heavy atom. The molecular weight excluding hydrogens is 1750 g/mol. The number of aliphatic hydroxyl groups excluding tert-OH is 2. The SMILES string of the molecule is CCCC[C@H]1C(=O)N(C)[C@@H](CCCC)C(=O)N[C@@H](CCCNC(=N)N)C(=O)C[C@H](C(=O)NCC(N)=O)CSCC(=O)N[C@@H](Cc2cc(F)cc(F)c2)C(=O)N(C)[C@@H](C)C(=O)N[C@@H](CC(N)=O)C(=O)N2CCC[C@H]2C(=O)N[C@@H](CN)C(=O)N[C@@H](CC(C)C)C(=O)N2C[C@H](O)C[C@H]2C(=O)N[C@@H](Cc2c[nH]c3ccccc23)C(=O)N[C@@H](CO)C(=O)N[C@@H](Cc2c[nH]c3ccccc23)C(=O)N1C. The van der Waals surface area contributed by atoms with Crippen molar-refractivity contribution >= 4 is 140 Å². The second kappa shape index (κ2) is 50.2. The number of thioether (sulfide) groups is 1. The lowest BCUT2D eigenvalue weighted by atomic mass is 9.95. The molecular formula is C89H126F2N22O19S. The number of aromatic amines is 2. The van der Waals surface area contributed by atoms with Crippen molar-refractivity contribution < 1.29 is 101 Å². The van der Waals surface area contributed by atoms with Crippen LogP contribution in [0.15, 0.2) is 79.1 Å². The molecule has 2 aromatic heterocycles. The number of ketones is 1. The van der Waals surface area contributed by atoms with Gasteiger partial charge in [-0.1, -0.05) is 89.8 Å². The van der Waals surface area contributed by atoms with Crippen LogP contribution < -0.4 is 76.1 Å². The van der Waals surface area contributed by atoms with E-state index < -0.39 is 272 Å². The molecule has 0 spiro atoms. The molecule has 3 aliphatic rings. The molecule has 15 atom stereocenters. The number of benzene rings is 3. The average Bonchev–Trinajstić information content (AvgIpc) is 1.72. The molecule has 3 saturated heterocycles. The number of Topliss-reactive ketones (excluding diaryl/α,β-unsaturated/α-hetero) is 1. The van der Waals surface area contributed by atoms with Crippen molar-refractivity contribution in [3.8, 4) is 0 Å². The molecule has 16 amide bonds. The molecule has 44 heteroatoms. The highest BCUT2D eigenvalue weighted by Crippen LogP contribution is 2.28. The number of primary amides is 2. The number of halogens is 2. The maximum atomic E-state index is 15.7. The van der Waals surface area contributed by atoms with Crippen molar-refractivity contribution in [1.82, 2.24) is 87.6 Å². The Hall–Kier alpha value is -12.7. The lowest BCUT2D eigenvalue weighted by Gasteiger charge is -2.36. The predicted octanol–water partition coefficient (Wildman–Crippen LogP) is -2.27. The number of likely N-dealkylation sites (N-methyl/N-ethyl adjacent to an activating group) is 3. The topological polar surface area (TPSA) is 627 Å². The van der Waals surface area contributed by atoms with Crippen LogP contribution >= 0.6 is 11.8 Å². The lowest BCUT2D eigenvalue weighted by Crippen LogP contribution is -2.62. The van der Waals surface area contributed by atoms with Gasteiger partial charge in [0.15, 0.2) is 11.7 Å².